The van der Waals surface area contributed by atoms with Crippen molar-refractivity contribution in [2.45, 2.75) is 6.92 Å². The van der Waals surface area contributed by atoms with Crippen molar-refractivity contribution < 1.29 is 13.9 Å². The van der Waals surface area contributed by atoms with Crippen molar-refractivity contribution in [3.05, 3.63) is 52.3 Å². The van der Waals surface area contributed by atoms with E-state index in [2.05, 4.69) is 44.2 Å². The van der Waals surface area contributed by atoms with Gasteiger partial charge in [0, 0.05) is 42.0 Å². The van der Waals surface area contributed by atoms with Crippen LogP contribution in [0.1, 0.15) is 5.56 Å². The number of benzene rings is 2. The Hall–Kier alpha value is -2.12. The third-order valence-corrected chi connectivity index (χ3v) is 5.10. The molecule has 2 aromatic rings. The van der Waals surface area contributed by atoms with Gasteiger partial charge in [0.05, 0.1) is 0 Å². The fourth-order valence-electron chi connectivity index (χ4n) is 2.97. The van der Waals surface area contributed by atoms with Crippen LogP contribution in [0.15, 0.2) is 40.9 Å². The van der Waals surface area contributed by atoms with E-state index in [4.69, 9.17) is 4.74 Å². The minimum Gasteiger partial charge on any atom is -0.481 e. The van der Waals surface area contributed by atoms with Crippen LogP contribution in [-0.2, 0) is 4.79 Å². The number of aryl methyl sites for hydroxylation is 1. The molecule has 1 aliphatic rings. The zero-order valence-corrected chi connectivity index (χ0v) is 17.1. The molecule has 2 aromatic carbocycles. The van der Waals surface area contributed by atoms with E-state index < -0.39 is 5.82 Å². The zero-order valence-electron chi connectivity index (χ0n) is 15.5. The summed E-state index contributed by atoms with van der Waals surface area (Å²) in [5, 5.41) is 2.83. The van der Waals surface area contributed by atoms with Crippen molar-refractivity contribution in [1.82, 2.24) is 4.90 Å². The summed E-state index contributed by atoms with van der Waals surface area (Å²) in [5.41, 5.74) is 2.87. The van der Waals surface area contributed by atoms with Gasteiger partial charge in [-0.25, -0.2) is 4.39 Å². The molecule has 1 fully saturated rings. The minimum absolute atomic E-state index is 0.0514. The number of nitrogens with one attached hydrogen (secondary N) is 1. The highest BCUT2D eigenvalue weighted by molar-refractivity contribution is 9.10. The minimum atomic E-state index is -0.509. The van der Waals surface area contributed by atoms with Gasteiger partial charge in [0.1, 0.15) is 0 Å². The van der Waals surface area contributed by atoms with Crippen LogP contribution < -0.4 is 15.0 Å². The molecule has 1 heterocycles. The van der Waals surface area contributed by atoms with E-state index in [-0.39, 0.29) is 18.3 Å². The number of carbonyl (C=O) groups excluding carboxylic acids is 1. The van der Waals surface area contributed by atoms with Crippen LogP contribution in [0.3, 0.4) is 0 Å². The molecule has 3 rings (SSSR count). The molecule has 0 spiro atoms. The third kappa shape index (κ3) is 5.20. The van der Waals surface area contributed by atoms with Gasteiger partial charge in [-0.15, -0.1) is 0 Å². The summed E-state index contributed by atoms with van der Waals surface area (Å²) in [5.74, 6) is -0.784. The first kappa shape index (κ1) is 19.6. The van der Waals surface area contributed by atoms with Crippen molar-refractivity contribution in [3.8, 4) is 5.75 Å². The summed E-state index contributed by atoms with van der Waals surface area (Å²) < 4.78 is 19.6. The van der Waals surface area contributed by atoms with Gasteiger partial charge in [0.15, 0.2) is 18.2 Å². The maximum absolute atomic E-state index is 13.7. The molecular formula is C20H23BrFN3O2. The Bertz CT molecular complexity index is 823. The molecule has 0 unspecified atom stereocenters. The number of hydrogen-bond donors (Lipinski definition) is 1. The van der Waals surface area contributed by atoms with Gasteiger partial charge in [-0.1, -0.05) is 15.9 Å². The normalized spacial score (nSPS) is 14.9. The van der Waals surface area contributed by atoms with Gasteiger partial charge in [-0.05, 0) is 55.9 Å². The van der Waals surface area contributed by atoms with Gasteiger partial charge in [-0.3, -0.25) is 4.79 Å². The number of likely N-dealkylation sites (N-methyl/N-ethyl adjacent to an activating group) is 1. The van der Waals surface area contributed by atoms with Crippen LogP contribution in [0.5, 0.6) is 5.75 Å². The average Bonchev–Trinajstić information content (AvgIpc) is 2.63. The summed E-state index contributed by atoms with van der Waals surface area (Å²) >= 11 is 3.19. The second-order valence-electron chi connectivity index (χ2n) is 6.70. The number of piperazine rings is 1. The fourth-order valence-corrected chi connectivity index (χ4v) is 3.30. The summed E-state index contributed by atoms with van der Waals surface area (Å²) in [6.07, 6.45) is 0. The Morgan fingerprint density at radius 1 is 1.19 bits per heavy atom. The zero-order chi connectivity index (χ0) is 19.4. The summed E-state index contributed by atoms with van der Waals surface area (Å²) in [7, 11) is 2.13. The number of rotatable bonds is 5. The van der Waals surface area contributed by atoms with E-state index in [1.807, 2.05) is 19.1 Å². The standard InChI is InChI=1S/C20H23BrFN3O2/c1-14-11-16(25-9-7-24(2)8-10-25)4-5-18(14)23-20(26)13-27-19-6-3-15(21)12-17(19)22/h3-6,11-12H,7-10,13H2,1-2H3,(H,23,26). The summed E-state index contributed by atoms with van der Waals surface area (Å²) in [6.45, 7) is 5.79. The Balaban J connectivity index is 1.57. The molecule has 1 saturated heterocycles. The van der Waals surface area contributed by atoms with Gasteiger partial charge in [0.25, 0.3) is 5.91 Å². The van der Waals surface area contributed by atoms with E-state index >= 15 is 0 Å². The number of amides is 1. The summed E-state index contributed by atoms with van der Waals surface area (Å²) in [4.78, 5) is 16.8. The predicted molar refractivity (Wildman–Crippen MR) is 109 cm³/mol. The van der Waals surface area contributed by atoms with Gasteiger partial charge in [0.2, 0.25) is 0 Å². The van der Waals surface area contributed by atoms with Crippen LogP contribution in [-0.4, -0.2) is 50.6 Å². The van der Waals surface area contributed by atoms with E-state index in [9.17, 15) is 9.18 Å². The molecule has 0 atom stereocenters. The van der Waals surface area contributed by atoms with E-state index in [1.165, 1.54) is 12.1 Å². The number of halogens is 2. The Morgan fingerprint density at radius 3 is 2.59 bits per heavy atom. The molecule has 0 aliphatic carbocycles. The molecule has 1 amide bonds. The van der Waals surface area contributed by atoms with Crippen molar-refractivity contribution >= 4 is 33.2 Å². The molecular weight excluding hydrogens is 413 g/mol. The maximum atomic E-state index is 13.7. The quantitative estimate of drug-likeness (QED) is 0.777. The number of hydrogen-bond acceptors (Lipinski definition) is 4. The van der Waals surface area contributed by atoms with Gasteiger partial charge >= 0.3 is 0 Å². The van der Waals surface area contributed by atoms with E-state index in [0.717, 1.165) is 43.1 Å². The van der Waals surface area contributed by atoms with Crippen molar-refractivity contribution in [3.63, 3.8) is 0 Å². The van der Waals surface area contributed by atoms with Crippen LogP contribution in [0.25, 0.3) is 0 Å². The highest BCUT2D eigenvalue weighted by Crippen LogP contribution is 2.24. The van der Waals surface area contributed by atoms with Gasteiger partial charge < -0.3 is 19.9 Å². The number of nitrogens with zero attached hydrogens (tertiary/aromatic N) is 2. The molecule has 0 radical (unpaired) electrons. The molecule has 0 aromatic heterocycles. The SMILES string of the molecule is Cc1cc(N2CCN(C)CC2)ccc1NC(=O)COc1ccc(Br)cc1F. The number of ether oxygens (including phenoxy) is 1. The first-order valence-corrected chi connectivity index (χ1v) is 9.63. The smallest absolute Gasteiger partial charge is 0.262 e. The van der Waals surface area contributed by atoms with Crippen molar-refractivity contribution in [2.24, 2.45) is 0 Å². The Morgan fingerprint density at radius 2 is 1.93 bits per heavy atom. The lowest BCUT2D eigenvalue weighted by Gasteiger charge is -2.34. The molecule has 144 valence electrons. The van der Waals surface area contributed by atoms with Crippen LogP contribution in [0.2, 0.25) is 0 Å². The molecule has 1 aliphatic heterocycles. The molecule has 27 heavy (non-hydrogen) atoms. The average molecular weight is 436 g/mol. The molecule has 7 heteroatoms. The Labute approximate surface area is 167 Å². The largest absolute Gasteiger partial charge is 0.481 e. The second kappa shape index (κ2) is 8.71. The van der Waals surface area contributed by atoms with Crippen LogP contribution in [0, 0.1) is 12.7 Å². The van der Waals surface area contributed by atoms with Crippen LogP contribution in [0.4, 0.5) is 15.8 Å². The maximum Gasteiger partial charge on any atom is 0.262 e. The van der Waals surface area contributed by atoms with Crippen molar-refractivity contribution in [1.29, 1.82) is 0 Å². The van der Waals surface area contributed by atoms with Gasteiger partial charge in [-0.2, -0.15) is 0 Å². The summed E-state index contributed by atoms with van der Waals surface area (Å²) in [6, 6.07) is 10.5. The predicted octanol–water partition coefficient (Wildman–Crippen LogP) is 3.67. The van der Waals surface area contributed by atoms with E-state index in [1.54, 1.807) is 6.07 Å². The topological polar surface area (TPSA) is 44.8 Å². The molecule has 5 nitrogen and oxygen atoms in total. The van der Waals surface area contributed by atoms with E-state index in [0.29, 0.717) is 4.47 Å². The number of carbonyl (C=O) groups is 1. The lowest BCUT2D eigenvalue weighted by molar-refractivity contribution is -0.118. The second-order valence-corrected chi connectivity index (χ2v) is 7.62. The highest BCUT2D eigenvalue weighted by atomic mass is 79.9. The first-order chi connectivity index (χ1) is 12.9. The van der Waals surface area contributed by atoms with Crippen LogP contribution >= 0.6 is 15.9 Å². The number of anilines is 2. The lowest BCUT2D eigenvalue weighted by atomic mass is 10.1. The molecule has 0 bridgehead atoms. The highest BCUT2D eigenvalue weighted by Gasteiger charge is 2.15. The molecule has 1 N–H and O–H groups in total. The van der Waals surface area contributed by atoms with Crippen molar-refractivity contribution in [2.75, 3.05) is 50.1 Å². The third-order valence-electron chi connectivity index (χ3n) is 4.61. The first-order valence-electron chi connectivity index (χ1n) is 8.84. The molecule has 0 saturated carbocycles. The fraction of sp³-hybridized carbons (Fsp3) is 0.350. The lowest BCUT2D eigenvalue weighted by Crippen LogP contribution is -2.44. The Kier molecular flexibility index (Phi) is 6.34. The monoisotopic (exact) mass is 435 g/mol.